The first kappa shape index (κ1) is 22.9. The van der Waals surface area contributed by atoms with Gasteiger partial charge in [-0.15, -0.1) is 0 Å². The third-order valence-electron chi connectivity index (χ3n) is 4.97. The summed E-state index contributed by atoms with van der Waals surface area (Å²) in [4.78, 5) is 11.8. The van der Waals surface area contributed by atoms with Crippen LogP contribution in [0.15, 0.2) is 29.2 Å². The first-order valence-electron chi connectivity index (χ1n) is 8.97. The average molecular weight is 481 g/mol. The van der Waals surface area contributed by atoms with E-state index in [0.717, 1.165) is 25.0 Å². The van der Waals surface area contributed by atoms with Crippen molar-refractivity contribution in [1.29, 1.82) is 0 Å². The molecule has 1 aliphatic rings. The van der Waals surface area contributed by atoms with Gasteiger partial charge < -0.3 is 5.32 Å². The third kappa shape index (κ3) is 4.74. The second-order valence-electron chi connectivity index (χ2n) is 7.11. The molecule has 162 valence electrons. The topological polar surface area (TPSA) is 75.3 Å². The number of hydrogen-bond acceptors (Lipinski definition) is 3. The molecule has 2 atom stereocenters. The van der Waals surface area contributed by atoms with Crippen LogP contribution in [0, 0.1) is 23.4 Å². The van der Waals surface area contributed by atoms with Gasteiger partial charge in [-0.25, -0.2) is 26.3 Å². The van der Waals surface area contributed by atoms with Gasteiger partial charge in [0.2, 0.25) is 10.0 Å². The molecule has 11 heteroatoms. The Morgan fingerprint density at radius 2 is 1.73 bits per heavy atom. The zero-order valence-electron chi connectivity index (χ0n) is 15.6. The number of sulfonamides is 1. The summed E-state index contributed by atoms with van der Waals surface area (Å²) in [6.07, 6.45) is 2.32. The summed E-state index contributed by atoms with van der Waals surface area (Å²) in [7, 11) is -4.27. The summed E-state index contributed by atoms with van der Waals surface area (Å²) in [6, 6.07) is 2.83. The molecule has 0 heterocycles. The summed E-state index contributed by atoms with van der Waals surface area (Å²) in [6.45, 7) is 1.89. The number of anilines is 1. The highest BCUT2D eigenvalue weighted by atomic mass is 35.5. The van der Waals surface area contributed by atoms with E-state index < -0.39 is 43.3 Å². The molecule has 0 aliphatic heterocycles. The molecule has 0 bridgehead atoms. The summed E-state index contributed by atoms with van der Waals surface area (Å²) in [5, 5.41) is 1.32. The Bertz CT molecular complexity index is 1090. The molecule has 3 rings (SSSR count). The largest absolute Gasteiger partial charge is 0.322 e. The first-order chi connectivity index (χ1) is 14.0. The van der Waals surface area contributed by atoms with Gasteiger partial charge in [0.05, 0.1) is 15.6 Å². The van der Waals surface area contributed by atoms with E-state index >= 15 is 0 Å². The average Bonchev–Trinajstić information content (AvgIpc) is 3.03. The number of rotatable bonds is 5. The van der Waals surface area contributed by atoms with Crippen molar-refractivity contribution in [3.8, 4) is 0 Å². The Balaban J connectivity index is 1.91. The van der Waals surface area contributed by atoms with Crippen molar-refractivity contribution >= 4 is 44.8 Å². The lowest BCUT2D eigenvalue weighted by Crippen LogP contribution is -2.37. The lowest BCUT2D eigenvalue weighted by molar-refractivity contribution is 0.102. The highest BCUT2D eigenvalue weighted by Crippen LogP contribution is 2.29. The predicted molar refractivity (Wildman–Crippen MR) is 108 cm³/mol. The Labute approximate surface area is 181 Å². The number of nitrogens with one attached hydrogen (secondary N) is 2. The van der Waals surface area contributed by atoms with Gasteiger partial charge in [0.1, 0.15) is 10.7 Å². The normalized spacial score (nSPS) is 19.1. The van der Waals surface area contributed by atoms with Gasteiger partial charge in [-0.1, -0.05) is 36.5 Å². The minimum Gasteiger partial charge on any atom is -0.322 e. The van der Waals surface area contributed by atoms with E-state index in [2.05, 4.69) is 10.0 Å². The van der Waals surface area contributed by atoms with Gasteiger partial charge in [0, 0.05) is 17.8 Å². The third-order valence-corrected chi connectivity index (χ3v) is 7.06. The maximum absolute atomic E-state index is 14.4. The Morgan fingerprint density at radius 1 is 1.03 bits per heavy atom. The molecule has 2 aromatic carbocycles. The zero-order chi connectivity index (χ0) is 22.2. The van der Waals surface area contributed by atoms with Crippen LogP contribution in [0.3, 0.4) is 0 Å². The Hall–Kier alpha value is -1.81. The molecule has 0 saturated heterocycles. The van der Waals surface area contributed by atoms with E-state index in [-0.39, 0.29) is 28.2 Å². The molecule has 1 saturated carbocycles. The van der Waals surface area contributed by atoms with Crippen LogP contribution in [-0.4, -0.2) is 20.4 Å². The van der Waals surface area contributed by atoms with Crippen molar-refractivity contribution in [3.63, 3.8) is 0 Å². The number of benzene rings is 2. The maximum Gasteiger partial charge on any atom is 0.257 e. The molecule has 5 nitrogen and oxygen atoms in total. The van der Waals surface area contributed by atoms with E-state index in [1.807, 2.05) is 6.92 Å². The maximum atomic E-state index is 14.4. The van der Waals surface area contributed by atoms with Crippen molar-refractivity contribution in [2.45, 2.75) is 37.1 Å². The number of hydrogen-bond donors (Lipinski definition) is 2. The van der Waals surface area contributed by atoms with Gasteiger partial charge in [-0.05, 0) is 37.0 Å². The van der Waals surface area contributed by atoms with Crippen molar-refractivity contribution in [1.82, 2.24) is 4.72 Å². The van der Waals surface area contributed by atoms with Gasteiger partial charge in [-0.3, -0.25) is 4.79 Å². The van der Waals surface area contributed by atoms with Crippen molar-refractivity contribution in [2.75, 3.05) is 5.32 Å². The summed E-state index contributed by atoms with van der Waals surface area (Å²) in [5.41, 5.74) is -0.551. The van der Waals surface area contributed by atoms with E-state index in [1.54, 1.807) is 0 Å². The van der Waals surface area contributed by atoms with E-state index in [1.165, 1.54) is 0 Å². The minimum absolute atomic E-state index is 0.0935. The lowest BCUT2D eigenvalue weighted by atomic mass is 10.1. The van der Waals surface area contributed by atoms with Crippen LogP contribution in [-0.2, 0) is 10.0 Å². The SMILES string of the molecule is CC1CCCC1NS(=O)(=O)c1cc(C(=O)Nc2cc(F)c(F)c(Cl)c2)c(Cl)cc1F. The van der Waals surface area contributed by atoms with Crippen molar-refractivity contribution in [2.24, 2.45) is 5.92 Å². The Kier molecular flexibility index (Phi) is 6.66. The number of amides is 1. The van der Waals surface area contributed by atoms with E-state index in [0.29, 0.717) is 18.6 Å². The molecule has 2 aromatic rings. The molecule has 2 N–H and O–H groups in total. The Morgan fingerprint density at radius 3 is 2.33 bits per heavy atom. The zero-order valence-corrected chi connectivity index (χ0v) is 17.9. The molecule has 30 heavy (non-hydrogen) atoms. The number of carbonyl (C=O) groups excluding carboxylic acids is 1. The van der Waals surface area contributed by atoms with E-state index in [4.69, 9.17) is 23.2 Å². The van der Waals surface area contributed by atoms with Crippen molar-refractivity contribution in [3.05, 3.63) is 57.3 Å². The van der Waals surface area contributed by atoms with Crippen LogP contribution in [0.2, 0.25) is 10.0 Å². The fourth-order valence-corrected chi connectivity index (χ4v) is 5.23. The highest BCUT2D eigenvalue weighted by molar-refractivity contribution is 7.89. The first-order valence-corrected chi connectivity index (χ1v) is 11.2. The van der Waals surface area contributed by atoms with Gasteiger partial charge >= 0.3 is 0 Å². The smallest absolute Gasteiger partial charge is 0.257 e. The molecule has 0 radical (unpaired) electrons. The van der Waals surface area contributed by atoms with Crippen LogP contribution in [0.4, 0.5) is 18.9 Å². The van der Waals surface area contributed by atoms with E-state index in [9.17, 15) is 26.4 Å². The standard InChI is InChI=1S/C19H17Cl2F3N2O3S/c1-9-3-2-4-16(9)26-30(28,29)17-7-11(12(20)8-14(17)22)19(27)25-10-5-13(21)18(24)15(23)6-10/h5-9,16,26H,2-4H2,1H3,(H,25,27). The molecule has 0 aromatic heterocycles. The number of carbonyl (C=O) groups is 1. The minimum atomic E-state index is -4.27. The number of halogens is 5. The molecular weight excluding hydrogens is 464 g/mol. The van der Waals surface area contributed by atoms with Crippen LogP contribution < -0.4 is 10.0 Å². The van der Waals surface area contributed by atoms with Gasteiger partial charge in [0.15, 0.2) is 11.6 Å². The van der Waals surface area contributed by atoms with Crippen molar-refractivity contribution < 1.29 is 26.4 Å². The molecule has 0 spiro atoms. The summed E-state index contributed by atoms with van der Waals surface area (Å²) >= 11 is 11.5. The van der Waals surface area contributed by atoms with Crippen LogP contribution in [0.25, 0.3) is 0 Å². The van der Waals surface area contributed by atoms with Gasteiger partial charge in [0.25, 0.3) is 5.91 Å². The van der Waals surface area contributed by atoms with Crippen LogP contribution >= 0.6 is 23.2 Å². The quantitative estimate of drug-likeness (QED) is 0.582. The molecule has 1 amide bonds. The molecule has 2 unspecified atom stereocenters. The second-order valence-corrected chi connectivity index (χ2v) is 9.60. The monoisotopic (exact) mass is 480 g/mol. The summed E-state index contributed by atoms with van der Waals surface area (Å²) < 4.78 is 69.0. The highest BCUT2D eigenvalue weighted by Gasteiger charge is 2.31. The fourth-order valence-electron chi connectivity index (χ4n) is 3.32. The summed E-state index contributed by atoms with van der Waals surface area (Å²) in [5.74, 6) is -4.55. The second kappa shape index (κ2) is 8.74. The molecule has 1 aliphatic carbocycles. The van der Waals surface area contributed by atoms with Crippen LogP contribution in [0.5, 0.6) is 0 Å². The molecular formula is C19H17Cl2F3N2O3S. The predicted octanol–water partition coefficient (Wildman–Crippen LogP) is 5.13. The van der Waals surface area contributed by atoms with Crippen LogP contribution in [0.1, 0.15) is 36.5 Å². The van der Waals surface area contributed by atoms with Gasteiger partial charge in [-0.2, -0.15) is 0 Å². The molecule has 1 fully saturated rings. The lowest BCUT2D eigenvalue weighted by Gasteiger charge is -2.18. The fraction of sp³-hybridized carbons (Fsp3) is 0.316.